The van der Waals surface area contributed by atoms with Gasteiger partial charge in [-0.05, 0) is 67.6 Å². The summed E-state index contributed by atoms with van der Waals surface area (Å²) in [5.41, 5.74) is 4.82. The molecular weight excluding hydrogens is 440 g/mol. The van der Waals surface area contributed by atoms with Crippen LogP contribution in [-0.4, -0.2) is 38.0 Å². The van der Waals surface area contributed by atoms with E-state index in [1.807, 2.05) is 29.5 Å². The standard InChI is InChI=1S/C25H23ClN4O3/c1-13-9-20-18(11-17(13)25(33)29-8-7-14-10-15(26)5-6-19(14)29)28-24(32)21-12-27-23(30(20)21)16-3-2-4-22(16)31/h5-6,9-12,16,22,31H,2-4,7-8H2,1H3,(H,28,32)/t16-,22-/m1/s1. The highest BCUT2D eigenvalue weighted by Gasteiger charge is 2.31. The highest BCUT2D eigenvalue weighted by atomic mass is 35.5. The molecule has 0 radical (unpaired) electrons. The Morgan fingerprint density at radius 2 is 2.06 bits per heavy atom. The van der Waals surface area contributed by atoms with Crippen molar-refractivity contribution in [1.82, 2.24) is 14.4 Å². The zero-order chi connectivity index (χ0) is 22.9. The highest BCUT2D eigenvalue weighted by molar-refractivity contribution is 6.30. The summed E-state index contributed by atoms with van der Waals surface area (Å²) in [7, 11) is 0. The van der Waals surface area contributed by atoms with Gasteiger partial charge in [0.25, 0.3) is 11.5 Å². The van der Waals surface area contributed by atoms with Crippen LogP contribution in [0.25, 0.3) is 16.6 Å². The molecule has 6 rings (SSSR count). The molecule has 7 nitrogen and oxygen atoms in total. The lowest BCUT2D eigenvalue weighted by molar-refractivity contribution is 0.0989. The zero-order valence-corrected chi connectivity index (χ0v) is 18.9. The molecule has 2 aromatic carbocycles. The number of imidazole rings is 1. The van der Waals surface area contributed by atoms with E-state index in [2.05, 4.69) is 9.97 Å². The molecule has 1 aliphatic carbocycles. The smallest absolute Gasteiger partial charge is 0.274 e. The summed E-state index contributed by atoms with van der Waals surface area (Å²) in [6, 6.07) is 9.28. The van der Waals surface area contributed by atoms with Gasteiger partial charge in [0, 0.05) is 28.7 Å². The molecule has 1 saturated carbocycles. The Morgan fingerprint density at radius 1 is 1.21 bits per heavy atom. The average Bonchev–Trinajstić information content (AvgIpc) is 3.51. The summed E-state index contributed by atoms with van der Waals surface area (Å²) >= 11 is 6.12. The number of benzene rings is 2. The van der Waals surface area contributed by atoms with Crippen LogP contribution in [0.1, 0.15) is 52.5 Å². The van der Waals surface area contributed by atoms with E-state index in [0.29, 0.717) is 34.0 Å². The quantitative estimate of drug-likeness (QED) is 0.471. The van der Waals surface area contributed by atoms with Gasteiger partial charge >= 0.3 is 0 Å². The largest absolute Gasteiger partial charge is 0.392 e. The number of nitrogens with one attached hydrogen (secondary N) is 1. The molecule has 2 atom stereocenters. The number of aliphatic hydroxyl groups is 1. The number of fused-ring (bicyclic) bond motifs is 4. The molecule has 0 saturated heterocycles. The number of H-pyrrole nitrogens is 1. The van der Waals surface area contributed by atoms with Gasteiger partial charge in [-0.15, -0.1) is 0 Å². The molecule has 3 heterocycles. The minimum Gasteiger partial charge on any atom is -0.392 e. The number of aromatic nitrogens is 3. The molecule has 0 unspecified atom stereocenters. The third-order valence-corrected chi connectivity index (χ3v) is 7.31. The molecule has 0 bridgehead atoms. The number of carbonyl (C=O) groups excluding carboxylic acids is 1. The van der Waals surface area contributed by atoms with Gasteiger partial charge in [-0.3, -0.25) is 14.0 Å². The number of aromatic amines is 1. The number of halogens is 1. The predicted octanol–water partition coefficient (Wildman–Crippen LogP) is 3.97. The van der Waals surface area contributed by atoms with E-state index in [-0.39, 0.29) is 17.4 Å². The van der Waals surface area contributed by atoms with E-state index in [4.69, 9.17) is 11.6 Å². The second-order valence-corrected chi connectivity index (χ2v) is 9.50. The summed E-state index contributed by atoms with van der Waals surface area (Å²) in [6.07, 6.45) is 4.37. The van der Waals surface area contributed by atoms with Crippen LogP contribution in [0.2, 0.25) is 5.02 Å². The summed E-state index contributed by atoms with van der Waals surface area (Å²) < 4.78 is 1.85. The van der Waals surface area contributed by atoms with Crippen molar-refractivity contribution in [2.45, 2.75) is 44.6 Å². The summed E-state index contributed by atoms with van der Waals surface area (Å²) in [4.78, 5) is 35.6. The van der Waals surface area contributed by atoms with Gasteiger partial charge < -0.3 is 15.0 Å². The van der Waals surface area contributed by atoms with Crippen LogP contribution in [0, 0.1) is 6.92 Å². The summed E-state index contributed by atoms with van der Waals surface area (Å²) in [5.74, 6) is 0.496. The normalized spacial score (nSPS) is 20.2. The van der Waals surface area contributed by atoms with Crippen molar-refractivity contribution < 1.29 is 9.90 Å². The fourth-order valence-corrected chi connectivity index (χ4v) is 5.60. The third kappa shape index (κ3) is 3.10. The number of carbonyl (C=O) groups is 1. The maximum Gasteiger partial charge on any atom is 0.274 e. The van der Waals surface area contributed by atoms with Gasteiger partial charge in [0.05, 0.1) is 23.3 Å². The molecule has 1 fully saturated rings. The molecule has 2 aliphatic rings. The Bertz CT molecular complexity index is 1510. The Labute approximate surface area is 194 Å². The van der Waals surface area contributed by atoms with Gasteiger partial charge in [-0.25, -0.2) is 4.98 Å². The van der Waals surface area contributed by atoms with Crippen LogP contribution in [0.15, 0.2) is 41.3 Å². The monoisotopic (exact) mass is 462 g/mol. The number of anilines is 1. The first kappa shape index (κ1) is 20.4. The molecule has 4 aromatic rings. The van der Waals surface area contributed by atoms with E-state index in [9.17, 15) is 14.7 Å². The van der Waals surface area contributed by atoms with Crippen molar-refractivity contribution in [3.05, 3.63) is 74.4 Å². The number of amides is 1. The molecule has 1 aliphatic heterocycles. The van der Waals surface area contributed by atoms with Crippen molar-refractivity contribution in [1.29, 1.82) is 0 Å². The first-order valence-electron chi connectivity index (χ1n) is 11.2. The fraction of sp³-hybridized carbons (Fsp3) is 0.320. The first-order chi connectivity index (χ1) is 15.9. The molecule has 2 aromatic heterocycles. The van der Waals surface area contributed by atoms with E-state index in [1.54, 1.807) is 23.2 Å². The number of rotatable bonds is 2. The second kappa shape index (κ2) is 7.43. The van der Waals surface area contributed by atoms with Crippen LogP contribution < -0.4 is 10.5 Å². The number of hydrogen-bond acceptors (Lipinski definition) is 4. The van der Waals surface area contributed by atoms with Gasteiger partial charge in [-0.1, -0.05) is 18.0 Å². The van der Waals surface area contributed by atoms with Crippen molar-refractivity contribution in [3.63, 3.8) is 0 Å². The van der Waals surface area contributed by atoms with Crippen molar-refractivity contribution in [2.24, 2.45) is 0 Å². The average molecular weight is 463 g/mol. The van der Waals surface area contributed by atoms with Gasteiger partial charge in [-0.2, -0.15) is 0 Å². The minimum atomic E-state index is -0.462. The molecule has 0 spiro atoms. The Hall–Kier alpha value is -3.16. The lowest BCUT2D eigenvalue weighted by atomic mass is 10.0. The lowest BCUT2D eigenvalue weighted by Gasteiger charge is -2.20. The molecule has 33 heavy (non-hydrogen) atoms. The van der Waals surface area contributed by atoms with Crippen LogP contribution >= 0.6 is 11.6 Å². The Balaban J connectivity index is 1.49. The number of aliphatic hydroxyl groups excluding tert-OH is 1. The number of nitrogens with zero attached hydrogens (tertiary/aromatic N) is 3. The number of hydrogen-bond donors (Lipinski definition) is 2. The van der Waals surface area contributed by atoms with Crippen molar-refractivity contribution in [3.8, 4) is 0 Å². The van der Waals surface area contributed by atoms with Crippen LogP contribution in [0.3, 0.4) is 0 Å². The zero-order valence-electron chi connectivity index (χ0n) is 18.1. The van der Waals surface area contributed by atoms with E-state index in [0.717, 1.165) is 48.0 Å². The predicted molar refractivity (Wildman–Crippen MR) is 127 cm³/mol. The van der Waals surface area contributed by atoms with Crippen molar-refractivity contribution >= 4 is 39.7 Å². The maximum atomic E-state index is 13.5. The number of aryl methyl sites for hydroxylation is 1. The van der Waals surface area contributed by atoms with Gasteiger partial charge in [0.1, 0.15) is 11.3 Å². The highest BCUT2D eigenvalue weighted by Crippen LogP contribution is 2.36. The third-order valence-electron chi connectivity index (χ3n) is 7.08. The molecule has 2 N–H and O–H groups in total. The van der Waals surface area contributed by atoms with Crippen LogP contribution in [0.4, 0.5) is 5.69 Å². The van der Waals surface area contributed by atoms with Gasteiger partial charge in [0.2, 0.25) is 0 Å². The SMILES string of the molecule is Cc1cc2c(cc1C(=O)N1CCc3cc(Cl)ccc31)[nH]c(=O)c1cnc([C@@H]3CCC[C@H]3O)n12. The summed E-state index contributed by atoms with van der Waals surface area (Å²) in [6.45, 7) is 2.50. The molecule has 168 valence electrons. The lowest BCUT2D eigenvalue weighted by Crippen LogP contribution is -2.29. The molecule has 1 amide bonds. The molecule has 8 heteroatoms. The molecular formula is C25H23ClN4O3. The fourth-order valence-electron chi connectivity index (χ4n) is 5.40. The van der Waals surface area contributed by atoms with E-state index >= 15 is 0 Å². The van der Waals surface area contributed by atoms with Crippen LogP contribution in [-0.2, 0) is 6.42 Å². The first-order valence-corrected chi connectivity index (χ1v) is 11.6. The van der Waals surface area contributed by atoms with Crippen LogP contribution in [0.5, 0.6) is 0 Å². The van der Waals surface area contributed by atoms with Gasteiger partial charge in [0.15, 0.2) is 0 Å². The topological polar surface area (TPSA) is 90.7 Å². The maximum absolute atomic E-state index is 13.5. The Morgan fingerprint density at radius 3 is 2.85 bits per heavy atom. The second-order valence-electron chi connectivity index (χ2n) is 9.06. The minimum absolute atomic E-state index is 0.103. The van der Waals surface area contributed by atoms with E-state index in [1.165, 1.54) is 0 Å². The summed E-state index contributed by atoms with van der Waals surface area (Å²) in [5, 5.41) is 11.1. The van der Waals surface area contributed by atoms with E-state index < -0.39 is 6.10 Å². The van der Waals surface area contributed by atoms with Crippen molar-refractivity contribution in [2.75, 3.05) is 11.4 Å². The Kier molecular flexibility index (Phi) is 4.61.